The Morgan fingerprint density at radius 2 is 2.29 bits per heavy atom. The number of fused-ring (bicyclic) bond motifs is 1. The summed E-state index contributed by atoms with van der Waals surface area (Å²) in [7, 11) is 0. The predicted octanol–water partition coefficient (Wildman–Crippen LogP) is 1.30. The van der Waals surface area contributed by atoms with Crippen molar-refractivity contribution in [2.45, 2.75) is 12.8 Å². The molecule has 0 aromatic carbocycles. The van der Waals surface area contributed by atoms with Gasteiger partial charge in [0.05, 0.1) is 0 Å². The number of allylic oxidation sites excluding steroid dienone is 1. The van der Waals surface area contributed by atoms with Gasteiger partial charge in [0.2, 0.25) is 0 Å². The van der Waals surface area contributed by atoms with Gasteiger partial charge in [0.1, 0.15) is 11.3 Å². The molecule has 0 aliphatic heterocycles. The lowest BCUT2D eigenvalue weighted by atomic mass is 10.0. The third-order valence-corrected chi connectivity index (χ3v) is 2.12. The quantitative estimate of drug-likeness (QED) is 0.728. The van der Waals surface area contributed by atoms with E-state index >= 15 is 0 Å². The molecular weight excluding hydrogens is 184 g/mol. The van der Waals surface area contributed by atoms with E-state index in [0.717, 1.165) is 6.42 Å². The summed E-state index contributed by atoms with van der Waals surface area (Å²) in [5.74, 6) is -0.678. The molecule has 2 rings (SSSR count). The van der Waals surface area contributed by atoms with Gasteiger partial charge < -0.3 is 9.52 Å². The topological polar surface area (TPSA) is 67.5 Å². The van der Waals surface area contributed by atoms with Crippen LogP contribution in [0.3, 0.4) is 0 Å². The molecule has 0 unspecified atom stereocenters. The highest BCUT2D eigenvalue weighted by Crippen LogP contribution is 2.18. The van der Waals surface area contributed by atoms with Gasteiger partial charge >= 0.3 is 11.6 Å². The van der Waals surface area contributed by atoms with E-state index in [-0.39, 0.29) is 5.56 Å². The zero-order valence-electron chi connectivity index (χ0n) is 7.32. The molecule has 0 atom stereocenters. The molecule has 1 N–H and O–H groups in total. The van der Waals surface area contributed by atoms with Crippen LogP contribution in [-0.4, -0.2) is 11.1 Å². The Labute approximate surface area is 79.5 Å². The van der Waals surface area contributed by atoms with Crippen LogP contribution < -0.4 is 5.63 Å². The van der Waals surface area contributed by atoms with E-state index in [9.17, 15) is 9.59 Å². The van der Waals surface area contributed by atoms with Crippen molar-refractivity contribution in [2.75, 3.05) is 0 Å². The number of hydrogen-bond donors (Lipinski definition) is 1. The Morgan fingerprint density at radius 3 is 3.00 bits per heavy atom. The van der Waals surface area contributed by atoms with Crippen LogP contribution in [-0.2, 0) is 6.42 Å². The zero-order valence-corrected chi connectivity index (χ0v) is 7.32. The molecule has 14 heavy (non-hydrogen) atoms. The molecule has 4 heteroatoms. The van der Waals surface area contributed by atoms with E-state index in [2.05, 4.69) is 0 Å². The molecule has 1 aromatic heterocycles. The van der Waals surface area contributed by atoms with E-state index in [1.165, 1.54) is 6.07 Å². The van der Waals surface area contributed by atoms with Crippen molar-refractivity contribution < 1.29 is 14.3 Å². The number of aryl methyl sites for hydroxylation is 1. The summed E-state index contributed by atoms with van der Waals surface area (Å²) in [5.41, 5.74) is -0.393. The van der Waals surface area contributed by atoms with E-state index in [1.54, 1.807) is 6.08 Å². The summed E-state index contributed by atoms with van der Waals surface area (Å²) in [6, 6.07) is 1.36. The Balaban J connectivity index is 2.64. The zero-order chi connectivity index (χ0) is 10.1. The van der Waals surface area contributed by atoms with Crippen LogP contribution in [0.25, 0.3) is 6.08 Å². The highest BCUT2D eigenvalue weighted by molar-refractivity contribution is 5.87. The predicted molar refractivity (Wildman–Crippen MR) is 49.3 cm³/mol. The molecule has 4 nitrogen and oxygen atoms in total. The number of carboxylic acids is 1. The van der Waals surface area contributed by atoms with E-state index in [0.29, 0.717) is 17.7 Å². The molecule has 1 aliphatic rings. The van der Waals surface area contributed by atoms with Gasteiger partial charge in [-0.3, -0.25) is 0 Å². The number of carboxylic acid groups (broad SMARTS) is 1. The lowest BCUT2D eigenvalue weighted by Crippen LogP contribution is -2.15. The fraction of sp³-hybridized carbons (Fsp3) is 0.200. The summed E-state index contributed by atoms with van der Waals surface area (Å²) in [4.78, 5) is 21.8. The molecule has 0 saturated carbocycles. The van der Waals surface area contributed by atoms with Crippen LogP contribution in [0.4, 0.5) is 0 Å². The largest absolute Gasteiger partial charge is 0.477 e. The second-order valence-corrected chi connectivity index (χ2v) is 3.07. The van der Waals surface area contributed by atoms with Gasteiger partial charge in [0.25, 0.3) is 0 Å². The number of rotatable bonds is 1. The van der Waals surface area contributed by atoms with Gasteiger partial charge in [0.15, 0.2) is 0 Å². The van der Waals surface area contributed by atoms with Crippen LogP contribution in [0.5, 0.6) is 0 Å². The third-order valence-electron chi connectivity index (χ3n) is 2.12. The average molecular weight is 192 g/mol. The molecule has 0 spiro atoms. The van der Waals surface area contributed by atoms with Crippen LogP contribution in [0.15, 0.2) is 21.4 Å². The summed E-state index contributed by atoms with van der Waals surface area (Å²) < 4.78 is 4.90. The Morgan fingerprint density at radius 1 is 1.50 bits per heavy atom. The van der Waals surface area contributed by atoms with Gasteiger partial charge in [-0.1, -0.05) is 12.2 Å². The maximum Gasteiger partial charge on any atom is 0.350 e. The van der Waals surface area contributed by atoms with Crippen molar-refractivity contribution in [3.05, 3.63) is 39.4 Å². The SMILES string of the molecule is O=C(O)c1cc2c(oc1=O)CCC=C2. The van der Waals surface area contributed by atoms with E-state index < -0.39 is 11.6 Å². The highest BCUT2D eigenvalue weighted by atomic mass is 16.4. The molecule has 0 amide bonds. The summed E-state index contributed by atoms with van der Waals surface area (Å²) in [6.07, 6.45) is 5.17. The van der Waals surface area contributed by atoms with Crippen molar-refractivity contribution >= 4 is 12.0 Å². The molecule has 0 radical (unpaired) electrons. The maximum atomic E-state index is 11.2. The first-order chi connectivity index (χ1) is 6.68. The molecule has 1 aliphatic carbocycles. The van der Waals surface area contributed by atoms with Gasteiger partial charge in [-0.2, -0.15) is 0 Å². The van der Waals surface area contributed by atoms with Crippen LogP contribution in [0.2, 0.25) is 0 Å². The van der Waals surface area contributed by atoms with E-state index in [1.807, 2.05) is 6.08 Å². The monoisotopic (exact) mass is 192 g/mol. The number of hydrogen-bond acceptors (Lipinski definition) is 3. The molecular formula is C10H8O4. The van der Waals surface area contributed by atoms with Crippen molar-refractivity contribution in [1.29, 1.82) is 0 Å². The van der Waals surface area contributed by atoms with Gasteiger partial charge in [-0.05, 0) is 12.5 Å². The van der Waals surface area contributed by atoms with Crippen LogP contribution in [0, 0.1) is 0 Å². The minimum atomic E-state index is -1.25. The number of carbonyl (C=O) groups is 1. The first kappa shape index (κ1) is 8.74. The normalized spacial score (nSPS) is 13.7. The molecule has 1 aromatic rings. The minimum absolute atomic E-state index is 0.310. The molecule has 1 heterocycles. The van der Waals surface area contributed by atoms with Crippen LogP contribution in [0.1, 0.15) is 28.1 Å². The molecule has 0 fully saturated rings. The van der Waals surface area contributed by atoms with Crippen molar-refractivity contribution in [3.63, 3.8) is 0 Å². The second kappa shape index (κ2) is 3.14. The van der Waals surface area contributed by atoms with Gasteiger partial charge in [-0.25, -0.2) is 9.59 Å². The average Bonchev–Trinajstić information content (AvgIpc) is 2.16. The van der Waals surface area contributed by atoms with Crippen molar-refractivity contribution in [3.8, 4) is 0 Å². The first-order valence-electron chi connectivity index (χ1n) is 4.25. The summed E-state index contributed by atoms with van der Waals surface area (Å²) in [5, 5.41) is 8.68. The lowest BCUT2D eigenvalue weighted by molar-refractivity contribution is 0.0691. The first-order valence-corrected chi connectivity index (χ1v) is 4.25. The Kier molecular flexibility index (Phi) is 1.96. The molecule has 0 bridgehead atoms. The Hall–Kier alpha value is -1.84. The molecule has 72 valence electrons. The second-order valence-electron chi connectivity index (χ2n) is 3.07. The van der Waals surface area contributed by atoms with Crippen molar-refractivity contribution in [2.24, 2.45) is 0 Å². The summed E-state index contributed by atoms with van der Waals surface area (Å²) in [6.45, 7) is 0. The highest BCUT2D eigenvalue weighted by Gasteiger charge is 2.15. The Bertz CT molecular complexity index is 468. The summed E-state index contributed by atoms with van der Waals surface area (Å²) >= 11 is 0. The maximum absolute atomic E-state index is 11.2. The fourth-order valence-corrected chi connectivity index (χ4v) is 1.43. The lowest BCUT2D eigenvalue weighted by Gasteiger charge is -2.07. The smallest absolute Gasteiger partial charge is 0.350 e. The standard InChI is InChI=1S/C10H8O4/c11-9(12)7-5-6-3-1-2-4-8(6)14-10(7)13/h1,3,5H,2,4H2,(H,11,12). The van der Waals surface area contributed by atoms with Crippen molar-refractivity contribution in [1.82, 2.24) is 0 Å². The van der Waals surface area contributed by atoms with Crippen LogP contribution >= 0.6 is 0 Å². The van der Waals surface area contributed by atoms with Gasteiger partial charge in [0, 0.05) is 12.0 Å². The third kappa shape index (κ3) is 1.35. The molecule has 0 saturated heterocycles. The van der Waals surface area contributed by atoms with Gasteiger partial charge in [-0.15, -0.1) is 0 Å². The van der Waals surface area contributed by atoms with E-state index in [4.69, 9.17) is 9.52 Å². The number of aromatic carboxylic acids is 1. The minimum Gasteiger partial charge on any atom is -0.477 e. The fourth-order valence-electron chi connectivity index (χ4n) is 1.43.